The number of rotatable bonds is 2. The fraction of sp³-hybridized carbons (Fsp3) is 0.889. The second-order valence-electron chi connectivity index (χ2n) is 3.63. The van der Waals surface area contributed by atoms with Gasteiger partial charge in [-0.3, -0.25) is 4.79 Å². The predicted octanol–water partition coefficient (Wildman–Crippen LogP) is 0.873. The molecule has 1 atom stereocenters. The first-order chi connectivity index (χ1) is 6.51. The Hall–Kier alpha value is -0.710. The SMILES string of the molecule is CCC1CCN(C(=O)CO)CC1(F)F. The Morgan fingerprint density at radius 2 is 2.29 bits per heavy atom. The molecule has 0 saturated carbocycles. The summed E-state index contributed by atoms with van der Waals surface area (Å²) in [6.07, 6.45) is 0.739. The molecule has 1 unspecified atom stereocenters. The van der Waals surface area contributed by atoms with Crippen molar-refractivity contribution in [3.63, 3.8) is 0 Å². The maximum atomic E-state index is 13.3. The molecule has 0 spiro atoms. The highest BCUT2D eigenvalue weighted by atomic mass is 19.3. The Balaban J connectivity index is 2.62. The molecule has 0 aliphatic carbocycles. The van der Waals surface area contributed by atoms with Crippen LogP contribution in [0.4, 0.5) is 8.78 Å². The zero-order chi connectivity index (χ0) is 10.8. The smallest absolute Gasteiger partial charge is 0.268 e. The molecule has 14 heavy (non-hydrogen) atoms. The third-order valence-corrected chi connectivity index (χ3v) is 2.73. The molecule has 1 aliphatic rings. The summed E-state index contributed by atoms with van der Waals surface area (Å²) in [6.45, 7) is 0.813. The minimum atomic E-state index is -2.81. The largest absolute Gasteiger partial charge is 0.387 e. The van der Waals surface area contributed by atoms with Crippen LogP contribution in [0.3, 0.4) is 0 Å². The second kappa shape index (κ2) is 4.21. The second-order valence-corrected chi connectivity index (χ2v) is 3.63. The highest BCUT2D eigenvalue weighted by molar-refractivity contribution is 5.77. The van der Waals surface area contributed by atoms with Gasteiger partial charge in [0.15, 0.2) is 0 Å². The van der Waals surface area contributed by atoms with Crippen molar-refractivity contribution >= 4 is 5.91 Å². The van der Waals surface area contributed by atoms with E-state index in [0.717, 1.165) is 4.90 Å². The Morgan fingerprint density at radius 3 is 2.71 bits per heavy atom. The quantitative estimate of drug-likeness (QED) is 0.730. The van der Waals surface area contributed by atoms with Crippen LogP contribution in [-0.4, -0.2) is 41.5 Å². The van der Waals surface area contributed by atoms with Gasteiger partial charge in [-0.05, 0) is 12.8 Å². The van der Waals surface area contributed by atoms with Gasteiger partial charge in [0.2, 0.25) is 5.91 Å². The lowest BCUT2D eigenvalue weighted by Crippen LogP contribution is -2.51. The van der Waals surface area contributed by atoms with Crippen LogP contribution in [0.1, 0.15) is 19.8 Å². The summed E-state index contributed by atoms with van der Waals surface area (Å²) < 4.78 is 26.7. The van der Waals surface area contributed by atoms with Crippen molar-refractivity contribution in [2.24, 2.45) is 5.92 Å². The van der Waals surface area contributed by atoms with Crippen molar-refractivity contribution in [1.29, 1.82) is 0 Å². The highest BCUT2D eigenvalue weighted by Crippen LogP contribution is 2.34. The molecule has 1 fully saturated rings. The third kappa shape index (κ3) is 2.20. The summed E-state index contributed by atoms with van der Waals surface area (Å²) in [5, 5.41) is 8.54. The highest BCUT2D eigenvalue weighted by Gasteiger charge is 2.44. The van der Waals surface area contributed by atoms with E-state index in [0.29, 0.717) is 19.4 Å². The molecule has 0 aromatic rings. The van der Waals surface area contributed by atoms with Crippen LogP contribution < -0.4 is 0 Å². The number of hydrogen-bond acceptors (Lipinski definition) is 2. The number of carbonyl (C=O) groups excluding carboxylic acids is 1. The lowest BCUT2D eigenvalue weighted by Gasteiger charge is -2.37. The van der Waals surface area contributed by atoms with Crippen molar-refractivity contribution < 1.29 is 18.7 Å². The van der Waals surface area contributed by atoms with Crippen LogP contribution in [0.2, 0.25) is 0 Å². The molecular weight excluding hydrogens is 192 g/mol. The summed E-state index contributed by atoms with van der Waals surface area (Å²) in [4.78, 5) is 12.0. The molecule has 1 N–H and O–H groups in total. The Labute approximate surface area is 81.7 Å². The number of alkyl halides is 2. The summed E-state index contributed by atoms with van der Waals surface area (Å²) >= 11 is 0. The summed E-state index contributed by atoms with van der Waals surface area (Å²) in [7, 11) is 0. The number of piperidine rings is 1. The van der Waals surface area contributed by atoms with Crippen molar-refractivity contribution in [1.82, 2.24) is 4.90 Å². The Kier molecular flexibility index (Phi) is 3.42. The van der Waals surface area contributed by atoms with Crippen LogP contribution in [0.15, 0.2) is 0 Å². The minimum Gasteiger partial charge on any atom is -0.387 e. The lowest BCUT2D eigenvalue weighted by atomic mass is 9.90. The number of carbonyl (C=O) groups is 1. The third-order valence-electron chi connectivity index (χ3n) is 2.73. The zero-order valence-electron chi connectivity index (χ0n) is 8.17. The number of halogens is 2. The number of amides is 1. The predicted molar refractivity (Wildman–Crippen MR) is 47.0 cm³/mol. The fourth-order valence-electron chi connectivity index (χ4n) is 1.80. The molecule has 1 amide bonds. The van der Waals surface area contributed by atoms with E-state index in [2.05, 4.69) is 0 Å². The van der Waals surface area contributed by atoms with Gasteiger partial charge < -0.3 is 10.0 Å². The molecule has 1 heterocycles. The number of hydrogen-bond donors (Lipinski definition) is 1. The monoisotopic (exact) mass is 207 g/mol. The average molecular weight is 207 g/mol. The number of aliphatic hydroxyl groups excluding tert-OH is 1. The van der Waals surface area contributed by atoms with Gasteiger partial charge in [0.05, 0.1) is 6.54 Å². The summed E-state index contributed by atoms with van der Waals surface area (Å²) in [5.74, 6) is -4.05. The van der Waals surface area contributed by atoms with Crippen LogP contribution in [0.5, 0.6) is 0 Å². The number of aliphatic hydroxyl groups is 1. The standard InChI is InChI=1S/C9H15F2NO2/c1-2-7-3-4-12(8(14)5-13)6-9(7,10)11/h7,13H,2-6H2,1H3. The Morgan fingerprint density at radius 1 is 1.64 bits per heavy atom. The first kappa shape index (κ1) is 11.4. The topological polar surface area (TPSA) is 40.5 Å². The van der Waals surface area contributed by atoms with Crippen molar-refractivity contribution in [3.8, 4) is 0 Å². The molecule has 1 aliphatic heterocycles. The van der Waals surface area contributed by atoms with Gasteiger partial charge in [0, 0.05) is 12.5 Å². The molecule has 1 saturated heterocycles. The van der Waals surface area contributed by atoms with Crippen molar-refractivity contribution in [2.45, 2.75) is 25.7 Å². The molecule has 0 bridgehead atoms. The van der Waals surface area contributed by atoms with Crippen LogP contribution in [-0.2, 0) is 4.79 Å². The normalized spacial score (nSPS) is 26.3. The first-order valence-corrected chi connectivity index (χ1v) is 4.77. The van der Waals surface area contributed by atoms with Gasteiger partial charge in [-0.2, -0.15) is 0 Å². The van der Waals surface area contributed by atoms with Gasteiger partial charge in [-0.25, -0.2) is 8.78 Å². The van der Waals surface area contributed by atoms with Crippen molar-refractivity contribution in [2.75, 3.05) is 19.7 Å². The molecule has 0 aromatic carbocycles. The molecule has 0 radical (unpaired) electrons. The first-order valence-electron chi connectivity index (χ1n) is 4.77. The average Bonchev–Trinajstić information content (AvgIpc) is 2.15. The molecule has 0 aromatic heterocycles. The van der Waals surface area contributed by atoms with E-state index in [1.54, 1.807) is 6.92 Å². The van der Waals surface area contributed by atoms with Gasteiger partial charge in [0.25, 0.3) is 5.92 Å². The maximum absolute atomic E-state index is 13.3. The molecule has 3 nitrogen and oxygen atoms in total. The zero-order valence-corrected chi connectivity index (χ0v) is 8.17. The van der Waals surface area contributed by atoms with E-state index in [9.17, 15) is 13.6 Å². The van der Waals surface area contributed by atoms with E-state index >= 15 is 0 Å². The van der Waals surface area contributed by atoms with E-state index in [-0.39, 0.29) is 0 Å². The summed E-state index contributed by atoms with van der Waals surface area (Å²) in [5.41, 5.74) is 0. The van der Waals surface area contributed by atoms with Gasteiger partial charge in [-0.15, -0.1) is 0 Å². The number of likely N-dealkylation sites (tertiary alicyclic amines) is 1. The Bertz CT molecular complexity index is 221. The molecular formula is C9H15F2NO2. The van der Waals surface area contributed by atoms with Crippen molar-refractivity contribution in [3.05, 3.63) is 0 Å². The minimum absolute atomic E-state index is 0.315. The van der Waals surface area contributed by atoms with E-state index in [1.807, 2.05) is 0 Å². The van der Waals surface area contributed by atoms with Gasteiger partial charge in [0.1, 0.15) is 6.61 Å². The van der Waals surface area contributed by atoms with E-state index in [1.165, 1.54) is 0 Å². The molecule has 1 rings (SSSR count). The van der Waals surface area contributed by atoms with E-state index in [4.69, 9.17) is 5.11 Å². The molecule has 5 heteroatoms. The van der Waals surface area contributed by atoms with Crippen LogP contribution in [0, 0.1) is 5.92 Å². The fourth-order valence-corrected chi connectivity index (χ4v) is 1.80. The molecule has 82 valence electrons. The van der Waals surface area contributed by atoms with Gasteiger partial charge in [-0.1, -0.05) is 6.92 Å². The lowest BCUT2D eigenvalue weighted by molar-refractivity contribution is -0.153. The number of nitrogens with zero attached hydrogens (tertiary/aromatic N) is 1. The van der Waals surface area contributed by atoms with Crippen LogP contribution >= 0.6 is 0 Å². The van der Waals surface area contributed by atoms with Gasteiger partial charge >= 0.3 is 0 Å². The maximum Gasteiger partial charge on any atom is 0.268 e. The van der Waals surface area contributed by atoms with E-state index < -0.39 is 30.9 Å². The van der Waals surface area contributed by atoms with Crippen LogP contribution in [0.25, 0.3) is 0 Å². The summed E-state index contributed by atoms with van der Waals surface area (Å²) in [6, 6.07) is 0.